The van der Waals surface area contributed by atoms with Gasteiger partial charge in [-0.25, -0.2) is 4.79 Å². The molecule has 0 radical (unpaired) electrons. The maximum absolute atomic E-state index is 11.9. The van der Waals surface area contributed by atoms with Crippen LogP contribution in [0.3, 0.4) is 0 Å². The number of nitriles is 1. The van der Waals surface area contributed by atoms with E-state index in [4.69, 9.17) is 37.9 Å². The third kappa shape index (κ3) is 4.39. The molecular formula is C16H11Cl2NO3. The van der Waals surface area contributed by atoms with Crippen LogP contribution in [-0.4, -0.2) is 19.2 Å². The highest BCUT2D eigenvalue weighted by molar-refractivity contribution is 6.35. The molecule has 2 aromatic carbocycles. The van der Waals surface area contributed by atoms with Crippen LogP contribution in [0.1, 0.15) is 15.9 Å². The molecular weight excluding hydrogens is 325 g/mol. The van der Waals surface area contributed by atoms with Crippen molar-refractivity contribution in [3.8, 4) is 11.8 Å². The lowest BCUT2D eigenvalue weighted by Gasteiger charge is -2.08. The van der Waals surface area contributed by atoms with Crippen LogP contribution in [0.2, 0.25) is 10.0 Å². The molecule has 0 heterocycles. The van der Waals surface area contributed by atoms with Crippen LogP contribution >= 0.6 is 23.2 Å². The van der Waals surface area contributed by atoms with Gasteiger partial charge in [0.1, 0.15) is 19.0 Å². The molecule has 0 amide bonds. The summed E-state index contributed by atoms with van der Waals surface area (Å²) in [6.07, 6.45) is 0. The number of halogens is 2. The first-order chi connectivity index (χ1) is 10.6. The number of ether oxygens (including phenoxy) is 2. The fourth-order valence-corrected chi connectivity index (χ4v) is 2.02. The summed E-state index contributed by atoms with van der Waals surface area (Å²) in [5, 5.41) is 9.37. The maximum Gasteiger partial charge on any atom is 0.339 e. The molecule has 0 fully saturated rings. The Morgan fingerprint density at radius 1 is 1.09 bits per heavy atom. The number of benzene rings is 2. The summed E-state index contributed by atoms with van der Waals surface area (Å²) in [5.41, 5.74) is 0.766. The van der Waals surface area contributed by atoms with Gasteiger partial charge in [-0.3, -0.25) is 0 Å². The number of nitrogens with zero attached hydrogens (tertiary/aromatic N) is 1. The minimum absolute atomic E-state index is 0.0711. The Morgan fingerprint density at radius 2 is 1.82 bits per heavy atom. The molecule has 0 atom stereocenters. The average molecular weight is 336 g/mol. The van der Waals surface area contributed by atoms with Crippen LogP contribution in [0.25, 0.3) is 0 Å². The highest BCUT2D eigenvalue weighted by Crippen LogP contribution is 2.21. The summed E-state index contributed by atoms with van der Waals surface area (Å²) in [7, 11) is 0. The second kappa shape index (κ2) is 7.69. The molecule has 112 valence electrons. The van der Waals surface area contributed by atoms with Gasteiger partial charge >= 0.3 is 5.97 Å². The quantitative estimate of drug-likeness (QED) is 0.609. The number of esters is 1. The van der Waals surface area contributed by atoms with Crippen LogP contribution in [-0.2, 0) is 4.74 Å². The molecule has 0 spiro atoms. The van der Waals surface area contributed by atoms with Gasteiger partial charge in [-0.2, -0.15) is 5.26 Å². The largest absolute Gasteiger partial charge is 0.490 e. The average Bonchev–Trinajstić information content (AvgIpc) is 2.54. The summed E-state index contributed by atoms with van der Waals surface area (Å²) < 4.78 is 10.5. The van der Waals surface area contributed by atoms with Crippen molar-refractivity contribution in [2.45, 2.75) is 0 Å². The van der Waals surface area contributed by atoms with Crippen LogP contribution in [0, 0.1) is 11.3 Å². The third-order valence-corrected chi connectivity index (χ3v) is 3.28. The Kier molecular flexibility index (Phi) is 5.65. The number of hydrogen-bond donors (Lipinski definition) is 0. The minimum Gasteiger partial charge on any atom is -0.490 e. The molecule has 0 aliphatic rings. The Balaban J connectivity index is 1.82. The molecule has 0 unspecified atom stereocenters. The molecule has 0 aliphatic heterocycles. The monoisotopic (exact) mass is 335 g/mol. The van der Waals surface area contributed by atoms with E-state index in [9.17, 15) is 4.79 Å². The molecule has 2 aromatic rings. The lowest BCUT2D eigenvalue weighted by molar-refractivity contribution is 0.0450. The van der Waals surface area contributed by atoms with E-state index >= 15 is 0 Å². The molecule has 0 saturated carbocycles. The molecule has 0 aliphatic carbocycles. The SMILES string of the molecule is N#Cc1ccc(OCCOC(=O)c2cc(Cl)ccc2Cl)cc1. The van der Waals surface area contributed by atoms with Gasteiger partial charge in [-0.15, -0.1) is 0 Å². The number of rotatable bonds is 5. The van der Waals surface area contributed by atoms with Gasteiger partial charge in [0.05, 0.1) is 22.2 Å². The molecule has 0 N–H and O–H groups in total. The molecule has 0 saturated heterocycles. The van der Waals surface area contributed by atoms with Crippen molar-refractivity contribution < 1.29 is 14.3 Å². The van der Waals surface area contributed by atoms with E-state index in [0.717, 1.165) is 0 Å². The fourth-order valence-electron chi connectivity index (χ4n) is 1.65. The smallest absolute Gasteiger partial charge is 0.339 e. The van der Waals surface area contributed by atoms with Crippen molar-refractivity contribution in [1.82, 2.24) is 0 Å². The molecule has 6 heteroatoms. The van der Waals surface area contributed by atoms with Gasteiger partial charge < -0.3 is 9.47 Å². The van der Waals surface area contributed by atoms with Crippen molar-refractivity contribution in [1.29, 1.82) is 5.26 Å². The van der Waals surface area contributed by atoms with Gasteiger partial charge in [0, 0.05) is 5.02 Å². The van der Waals surface area contributed by atoms with E-state index in [-0.39, 0.29) is 23.8 Å². The van der Waals surface area contributed by atoms with Gasteiger partial charge in [-0.1, -0.05) is 23.2 Å². The summed E-state index contributed by atoms with van der Waals surface area (Å²) in [6.45, 7) is 0.261. The summed E-state index contributed by atoms with van der Waals surface area (Å²) in [4.78, 5) is 11.9. The molecule has 0 bridgehead atoms. The van der Waals surface area contributed by atoms with Crippen molar-refractivity contribution in [3.05, 3.63) is 63.6 Å². The Hall–Kier alpha value is -2.22. The van der Waals surface area contributed by atoms with E-state index < -0.39 is 5.97 Å². The topological polar surface area (TPSA) is 59.3 Å². The first kappa shape index (κ1) is 16.2. The fraction of sp³-hybridized carbons (Fsp3) is 0.125. The summed E-state index contributed by atoms with van der Waals surface area (Å²) in [6, 6.07) is 13.2. The first-order valence-corrected chi connectivity index (χ1v) is 7.11. The zero-order chi connectivity index (χ0) is 15.9. The Bertz CT molecular complexity index is 708. The number of carbonyl (C=O) groups excluding carboxylic acids is 1. The minimum atomic E-state index is -0.559. The van der Waals surface area contributed by atoms with E-state index in [0.29, 0.717) is 16.3 Å². The predicted octanol–water partition coefficient (Wildman–Crippen LogP) is 4.10. The molecule has 2 rings (SSSR count). The second-order valence-electron chi connectivity index (χ2n) is 4.24. The van der Waals surface area contributed by atoms with E-state index in [2.05, 4.69) is 0 Å². The number of carbonyl (C=O) groups is 1. The van der Waals surface area contributed by atoms with Crippen molar-refractivity contribution in [2.75, 3.05) is 13.2 Å². The van der Waals surface area contributed by atoms with Gasteiger partial charge in [0.2, 0.25) is 0 Å². The van der Waals surface area contributed by atoms with Crippen LogP contribution in [0.4, 0.5) is 0 Å². The van der Waals surface area contributed by atoms with Crippen molar-refractivity contribution in [3.63, 3.8) is 0 Å². The van der Waals surface area contributed by atoms with Gasteiger partial charge in [0.15, 0.2) is 0 Å². The third-order valence-electron chi connectivity index (χ3n) is 2.72. The predicted molar refractivity (Wildman–Crippen MR) is 83.4 cm³/mol. The van der Waals surface area contributed by atoms with Gasteiger partial charge in [0.25, 0.3) is 0 Å². The first-order valence-electron chi connectivity index (χ1n) is 6.35. The maximum atomic E-state index is 11.9. The lowest BCUT2D eigenvalue weighted by atomic mass is 10.2. The van der Waals surface area contributed by atoms with E-state index in [1.54, 1.807) is 30.3 Å². The summed E-state index contributed by atoms with van der Waals surface area (Å²) in [5.74, 6) is 0.0340. The van der Waals surface area contributed by atoms with Gasteiger partial charge in [-0.05, 0) is 42.5 Å². The summed E-state index contributed by atoms with van der Waals surface area (Å²) >= 11 is 11.7. The van der Waals surface area contributed by atoms with E-state index in [1.165, 1.54) is 12.1 Å². The highest BCUT2D eigenvalue weighted by atomic mass is 35.5. The van der Waals surface area contributed by atoms with Crippen LogP contribution in [0.5, 0.6) is 5.75 Å². The molecule has 4 nitrogen and oxygen atoms in total. The highest BCUT2D eigenvalue weighted by Gasteiger charge is 2.12. The molecule has 22 heavy (non-hydrogen) atoms. The van der Waals surface area contributed by atoms with Crippen LogP contribution in [0.15, 0.2) is 42.5 Å². The standard InChI is InChI=1S/C16H11Cl2NO3/c17-12-3-6-15(18)14(9-12)16(20)22-8-7-21-13-4-1-11(10-19)2-5-13/h1-6,9H,7-8H2. The normalized spacial score (nSPS) is 9.86. The zero-order valence-electron chi connectivity index (χ0n) is 11.4. The second-order valence-corrected chi connectivity index (χ2v) is 5.09. The van der Waals surface area contributed by atoms with Crippen molar-refractivity contribution >= 4 is 29.2 Å². The van der Waals surface area contributed by atoms with Crippen LogP contribution < -0.4 is 4.74 Å². The lowest BCUT2D eigenvalue weighted by Crippen LogP contribution is -2.12. The zero-order valence-corrected chi connectivity index (χ0v) is 12.9. The number of hydrogen-bond acceptors (Lipinski definition) is 4. The van der Waals surface area contributed by atoms with E-state index in [1.807, 2.05) is 6.07 Å². The Morgan fingerprint density at radius 3 is 2.50 bits per heavy atom. The molecule has 0 aromatic heterocycles. The Labute approximate surface area is 137 Å². The van der Waals surface area contributed by atoms with Crippen molar-refractivity contribution in [2.24, 2.45) is 0 Å².